The first kappa shape index (κ1) is 11.6. The van der Waals surface area contributed by atoms with Crippen LogP contribution in [0.15, 0.2) is 23.2 Å². The number of rotatable bonds is 4. The van der Waals surface area contributed by atoms with Crippen LogP contribution in [0.3, 0.4) is 0 Å². The maximum absolute atomic E-state index is 4.61. The van der Waals surface area contributed by atoms with Crippen molar-refractivity contribution in [3.05, 3.63) is 23.2 Å². The van der Waals surface area contributed by atoms with E-state index in [-0.39, 0.29) is 0 Å². The van der Waals surface area contributed by atoms with Crippen LogP contribution < -0.4 is 5.32 Å². The molecule has 0 aliphatic carbocycles. The smallest absolute Gasteiger partial charge is 0.174 e. The zero-order chi connectivity index (χ0) is 12.4. The van der Waals surface area contributed by atoms with Crippen molar-refractivity contribution in [3.63, 3.8) is 0 Å². The summed E-state index contributed by atoms with van der Waals surface area (Å²) in [6, 6.07) is 2.06. The van der Waals surface area contributed by atoms with E-state index in [1.165, 1.54) is 0 Å². The Labute approximate surface area is 113 Å². The predicted molar refractivity (Wildman–Crippen MR) is 77.3 cm³/mol. The number of thiazole rings is 1. The average Bonchev–Trinajstić information content (AvgIpc) is 3.05. The lowest BCUT2D eigenvalue weighted by Crippen LogP contribution is -2.03. The van der Waals surface area contributed by atoms with Crippen molar-refractivity contribution >= 4 is 38.7 Å². The van der Waals surface area contributed by atoms with Gasteiger partial charge in [0, 0.05) is 12.7 Å². The molecule has 0 amide bonds. The number of hydrogen-bond acceptors (Lipinski definition) is 6. The molecule has 6 heteroatoms. The lowest BCUT2D eigenvalue weighted by atomic mass is 10.3. The molecule has 0 aliphatic rings. The molecule has 0 aliphatic heterocycles. The van der Waals surface area contributed by atoms with E-state index in [9.17, 15) is 0 Å². The summed E-state index contributed by atoms with van der Waals surface area (Å²) in [5.41, 5.74) is 1.80. The Bertz CT molecular complexity index is 645. The molecule has 3 aromatic rings. The molecule has 0 aromatic carbocycles. The zero-order valence-electron chi connectivity index (χ0n) is 9.88. The number of hydrogen-bond donors (Lipinski definition) is 1. The first-order valence-corrected chi connectivity index (χ1v) is 7.52. The van der Waals surface area contributed by atoms with Crippen LogP contribution in [0.1, 0.15) is 13.3 Å². The average molecular weight is 276 g/mol. The highest BCUT2D eigenvalue weighted by Gasteiger charge is 2.10. The molecular weight excluding hydrogens is 264 g/mol. The monoisotopic (exact) mass is 276 g/mol. The van der Waals surface area contributed by atoms with Crippen molar-refractivity contribution in [1.82, 2.24) is 15.0 Å². The maximum atomic E-state index is 4.61. The molecule has 3 heterocycles. The second-order valence-electron chi connectivity index (χ2n) is 3.83. The van der Waals surface area contributed by atoms with Gasteiger partial charge in [-0.2, -0.15) is 0 Å². The summed E-state index contributed by atoms with van der Waals surface area (Å²) in [6.45, 7) is 3.06. The highest BCUT2D eigenvalue weighted by Crippen LogP contribution is 2.29. The fourth-order valence-electron chi connectivity index (χ4n) is 1.67. The Balaban J connectivity index is 2.11. The van der Waals surface area contributed by atoms with Crippen LogP contribution in [0.25, 0.3) is 20.9 Å². The summed E-state index contributed by atoms with van der Waals surface area (Å²) in [4.78, 5) is 15.3. The molecular formula is C12H12N4S2. The van der Waals surface area contributed by atoms with Gasteiger partial charge in [-0.25, -0.2) is 9.97 Å². The minimum absolute atomic E-state index is 0.756. The van der Waals surface area contributed by atoms with E-state index in [1.807, 2.05) is 11.6 Å². The van der Waals surface area contributed by atoms with E-state index >= 15 is 0 Å². The maximum Gasteiger partial charge on any atom is 0.174 e. The summed E-state index contributed by atoms with van der Waals surface area (Å²) in [5, 5.41) is 6.51. The van der Waals surface area contributed by atoms with E-state index in [4.69, 9.17) is 0 Å². The third-order valence-electron chi connectivity index (χ3n) is 2.52. The summed E-state index contributed by atoms with van der Waals surface area (Å²) in [6.07, 6.45) is 2.88. The van der Waals surface area contributed by atoms with Crippen LogP contribution in [-0.4, -0.2) is 21.5 Å². The largest absolute Gasteiger partial charge is 0.369 e. The Kier molecular flexibility index (Phi) is 3.21. The van der Waals surface area contributed by atoms with Gasteiger partial charge in [-0.05, 0) is 17.9 Å². The predicted octanol–water partition coefficient (Wildman–Crippen LogP) is 3.64. The minimum Gasteiger partial charge on any atom is -0.369 e. The highest BCUT2D eigenvalue weighted by molar-refractivity contribution is 7.17. The number of aromatic nitrogens is 3. The molecule has 0 unspecified atom stereocenters. The summed E-state index contributed by atoms with van der Waals surface area (Å²) >= 11 is 3.20. The fourth-order valence-corrected chi connectivity index (χ4v) is 2.99. The van der Waals surface area contributed by atoms with Crippen molar-refractivity contribution < 1.29 is 0 Å². The van der Waals surface area contributed by atoms with E-state index in [1.54, 1.807) is 28.2 Å². The van der Waals surface area contributed by atoms with E-state index in [0.29, 0.717) is 0 Å². The second-order valence-corrected chi connectivity index (χ2v) is 5.61. The van der Waals surface area contributed by atoms with Crippen molar-refractivity contribution in [2.24, 2.45) is 0 Å². The molecule has 0 fully saturated rings. The van der Waals surface area contributed by atoms with E-state index in [2.05, 4.69) is 33.3 Å². The van der Waals surface area contributed by atoms with Gasteiger partial charge in [-0.1, -0.05) is 6.92 Å². The van der Waals surface area contributed by atoms with Gasteiger partial charge in [-0.15, -0.1) is 22.7 Å². The molecule has 0 radical (unpaired) electrons. The summed E-state index contributed by atoms with van der Waals surface area (Å²) in [5.74, 6) is 1.68. The quantitative estimate of drug-likeness (QED) is 0.790. The summed E-state index contributed by atoms with van der Waals surface area (Å²) in [7, 11) is 0. The molecule has 3 aromatic heterocycles. The van der Waals surface area contributed by atoms with Gasteiger partial charge in [0.05, 0.1) is 15.8 Å². The van der Waals surface area contributed by atoms with Crippen LogP contribution in [0.2, 0.25) is 0 Å². The molecule has 1 N–H and O–H groups in total. The molecule has 92 valence electrons. The molecule has 3 rings (SSSR count). The lowest BCUT2D eigenvalue weighted by molar-refractivity contribution is 0.971. The lowest BCUT2D eigenvalue weighted by Gasteiger charge is -2.06. The van der Waals surface area contributed by atoms with Gasteiger partial charge in [0.15, 0.2) is 5.82 Å². The molecule has 0 atom stereocenters. The topological polar surface area (TPSA) is 50.7 Å². The zero-order valence-corrected chi connectivity index (χ0v) is 11.5. The van der Waals surface area contributed by atoms with Gasteiger partial charge >= 0.3 is 0 Å². The number of nitrogens with one attached hydrogen (secondary N) is 1. The van der Waals surface area contributed by atoms with Crippen molar-refractivity contribution in [1.29, 1.82) is 0 Å². The van der Waals surface area contributed by atoms with Gasteiger partial charge < -0.3 is 5.32 Å². The van der Waals surface area contributed by atoms with Crippen LogP contribution in [0.5, 0.6) is 0 Å². The van der Waals surface area contributed by atoms with Crippen LogP contribution in [-0.2, 0) is 0 Å². The van der Waals surface area contributed by atoms with Gasteiger partial charge in [0.2, 0.25) is 0 Å². The van der Waals surface area contributed by atoms with Crippen molar-refractivity contribution in [2.75, 3.05) is 11.9 Å². The first-order chi connectivity index (χ1) is 8.88. The molecule has 0 saturated carbocycles. The fraction of sp³-hybridized carbons (Fsp3) is 0.250. The standard InChI is InChI=1S/C12H12N4S2/c1-2-4-14-10-8-3-5-17-12(8)16-11(15-10)9-6-13-7-18-9/h3,5-7H,2,4H2,1H3,(H,14,15,16). The van der Waals surface area contributed by atoms with Crippen LogP contribution in [0.4, 0.5) is 5.82 Å². The second kappa shape index (κ2) is 4.99. The van der Waals surface area contributed by atoms with Gasteiger partial charge in [0.25, 0.3) is 0 Å². The number of thiophene rings is 1. The van der Waals surface area contributed by atoms with Crippen molar-refractivity contribution in [2.45, 2.75) is 13.3 Å². The molecule has 0 spiro atoms. The Morgan fingerprint density at radius 1 is 1.28 bits per heavy atom. The van der Waals surface area contributed by atoms with Crippen LogP contribution in [0, 0.1) is 0 Å². The van der Waals surface area contributed by atoms with Crippen LogP contribution >= 0.6 is 22.7 Å². The summed E-state index contributed by atoms with van der Waals surface area (Å²) < 4.78 is 0. The highest BCUT2D eigenvalue weighted by atomic mass is 32.1. The SMILES string of the molecule is CCCNc1nc(-c2cncs2)nc2sccc12. The molecule has 18 heavy (non-hydrogen) atoms. The molecule has 4 nitrogen and oxygen atoms in total. The third-order valence-corrected chi connectivity index (χ3v) is 4.10. The Hall–Kier alpha value is -1.53. The van der Waals surface area contributed by atoms with E-state index in [0.717, 1.165) is 39.7 Å². The van der Waals surface area contributed by atoms with Gasteiger partial charge in [0.1, 0.15) is 10.6 Å². The Morgan fingerprint density at radius 2 is 2.22 bits per heavy atom. The Morgan fingerprint density at radius 3 is 3.00 bits per heavy atom. The van der Waals surface area contributed by atoms with E-state index < -0.39 is 0 Å². The normalized spacial score (nSPS) is 10.9. The van der Waals surface area contributed by atoms with Crippen molar-refractivity contribution in [3.8, 4) is 10.7 Å². The number of nitrogens with zero attached hydrogens (tertiary/aromatic N) is 3. The molecule has 0 bridgehead atoms. The number of fused-ring (bicyclic) bond motifs is 1. The number of anilines is 1. The molecule has 0 saturated heterocycles. The first-order valence-electron chi connectivity index (χ1n) is 5.76. The van der Waals surface area contributed by atoms with Gasteiger partial charge in [-0.3, -0.25) is 4.98 Å². The third kappa shape index (κ3) is 2.09. The minimum atomic E-state index is 0.756.